The smallest absolute Gasteiger partial charge is 0.338 e. The summed E-state index contributed by atoms with van der Waals surface area (Å²) < 4.78 is 0. The van der Waals surface area contributed by atoms with Gasteiger partial charge in [-0.1, -0.05) is 11.6 Å². The number of anilines is 1. The Morgan fingerprint density at radius 1 is 1.35 bits per heavy atom. The van der Waals surface area contributed by atoms with Crippen LogP contribution in [-0.2, 0) is 0 Å². The van der Waals surface area contributed by atoms with Gasteiger partial charge in [-0.05, 0) is 32.8 Å². The first-order valence-electron chi connectivity index (χ1n) is 6.45. The monoisotopic (exact) mass is 294 g/mol. The van der Waals surface area contributed by atoms with Crippen molar-refractivity contribution in [2.75, 3.05) is 18.4 Å². The summed E-state index contributed by atoms with van der Waals surface area (Å²) in [7, 11) is 0. The SMILES string of the molecule is CC1=CCCN(C(=O)Nc2sc(C)c(C)c2C(=O)O)C1. The van der Waals surface area contributed by atoms with E-state index in [9.17, 15) is 14.7 Å². The first-order chi connectivity index (χ1) is 9.40. The first kappa shape index (κ1) is 14.6. The number of amides is 2. The maximum absolute atomic E-state index is 12.2. The van der Waals surface area contributed by atoms with Gasteiger partial charge in [0.1, 0.15) is 5.00 Å². The molecule has 0 saturated carbocycles. The quantitative estimate of drug-likeness (QED) is 0.823. The number of nitrogens with zero attached hydrogens (tertiary/aromatic N) is 1. The Balaban J connectivity index is 2.18. The highest BCUT2D eigenvalue weighted by atomic mass is 32.1. The zero-order valence-electron chi connectivity index (χ0n) is 11.8. The molecule has 0 radical (unpaired) electrons. The number of hydrogen-bond acceptors (Lipinski definition) is 3. The van der Waals surface area contributed by atoms with Crippen LogP contribution in [0.15, 0.2) is 11.6 Å². The van der Waals surface area contributed by atoms with Crippen LogP contribution in [0, 0.1) is 13.8 Å². The van der Waals surface area contributed by atoms with Crippen LogP contribution in [-0.4, -0.2) is 35.1 Å². The van der Waals surface area contributed by atoms with Gasteiger partial charge in [0.2, 0.25) is 0 Å². The van der Waals surface area contributed by atoms with Crippen molar-refractivity contribution in [3.63, 3.8) is 0 Å². The van der Waals surface area contributed by atoms with Crippen molar-refractivity contribution < 1.29 is 14.7 Å². The van der Waals surface area contributed by atoms with E-state index in [1.54, 1.807) is 11.8 Å². The van der Waals surface area contributed by atoms with Gasteiger partial charge in [-0.15, -0.1) is 11.3 Å². The molecule has 0 aromatic carbocycles. The van der Waals surface area contributed by atoms with Crippen LogP contribution in [0.1, 0.15) is 34.1 Å². The van der Waals surface area contributed by atoms with E-state index in [-0.39, 0.29) is 11.6 Å². The predicted molar refractivity (Wildman–Crippen MR) is 79.7 cm³/mol. The highest BCUT2D eigenvalue weighted by Gasteiger charge is 2.23. The Labute approximate surface area is 121 Å². The van der Waals surface area contributed by atoms with Crippen LogP contribution < -0.4 is 5.32 Å². The summed E-state index contributed by atoms with van der Waals surface area (Å²) in [5.74, 6) is -1.00. The standard InChI is InChI=1S/C14H18N2O3S/c1-8-5-4-6-16(7-8)14(19)15-12-11(13(17)18)9(2)10(3)20-12/h5H,4,6-7H2,1-3H3,(H,15,19)(H,17,18). The minimum atomic E-state index is -1.00. The Morgan fingerprint density at radius 3 is 2.65 bits per heavy atom. The van der Waals surface area contributed by atoms with Gasteiger partial charge < -0.3 is 10.0 Å². The number of hydrogen-bond donors (Lipinski definition) is 2. The number of aryl methyl sites for hydroxylation is 1. The molecular formula is C14H18N2O3S. The Morgan fingerprint density at radius 2 is 2.05 bits per heavy atom. The lowest BCUT2D eigenvalue weighted by Crippen LogP contribution is -2.38. The van der Waals surface area contributed by atoms with Crippen LogP contribution in [0.2, 0.25) is 0 Å². The lowest BCUT2D eigenvalue weighted by atomic mass is 10.1. The van der Waals surface area contributed by atoms with Crippen LogP contribution in [0.3, 0.4) is 0 Å². The summed E-state index contributed by atoms with van der Waals surface area (Å²) in [6.45, 7) is 6.86. The maximum Gasteiger partial charge on any atom is 0.338 e. The number of nitrogens with one attached hydrogen (secondary N) is 1. The van der Waals surface area contributed by atoms with Gasteiger partial charge in [0.25, 0.3) is 0 Å². The Kier molecular flexibility index (Phi) is 4.13. The molecule has 1 aromatic heterocycles. The van der Waals surface area contributed by atoms with Gasteiger partial charge >= 0.3 is 12.0 Å². The van der Waals surface area contributed by atoms with Crippen molar-refractivity contribution in [2.24, 2.45) is 0 Å². The normalized spacial score (nSPS) is 14.9. The summed E-state index contributed by atoms with van der Waals surface area (Å²) in [4.78, 5) is 26.1. The van der Waals surface area contributed by atoms with E-state index in [1.165, 1.54) is 11.3 Å². The summed E-state index contributed by atoms with van der Waals surface area (Å²) in [6, 6.07) is -0.235. The molecule has 0 atom stereocenters. The Bertz CT molecular complexity index is 589. The number of urea groups is 1. The number of aromatic carboxylic acids is 1. The fraction of sp³-hybridized carbons (Fsp3) is 0.429. The number of thiophene rings is 1. The molecule has 1 aliphatic heterocycles. The molecule has 2 rings (SSSR count). The highest BCUT2D eigenvalue weighted by Crippen LogP contribution is 2.32. The van der Waals surface area contributed by atoms with Crippen LogP contribution in [0.5, 0.6) is 0 Å². The summed E-state index contributed by atoms with van der Waals surface area (Å²) in [6.07, 6.45) is 2.96. The number of carbonyl (C=O) groups is 2. The second-order valence-corrected chi connectivity index (χ2v) is 6.21. The number of carboxylic acids is 1. The van der Waals surface area contributed by atoms with Crippen molar-refractivity contribution in [1.29, 1.82) is 0 Å². The van der Waals surface area contributed by atoms with Crippen molar-refractivity contribution in [3.05, 3.63) is 27.7 Å². The van der Waals surface area contributed by atoms with Gasteiger partial charge in [0.15, 0.2) is 0 Å². The predicted octanol–water partition coefficient (Wildman–Crippen LogP) is 3.25. The molecule has 20 heavy (non-hydrogen) atoms. The van der Waals surface area contributed by atoms with E-state index in [4.69, 9.17) is 0 Å². The molecule has 6 heteroatoms. The first-order valence-corrected chi connectivity index (χ1v) is 7.26. The van der Waals surface area contributed by atoms with Gasteiger partial charge in [-0.2, -0.15) is 0 Å². The Hall–Kier alpha value is -1.82. The van der Waals surface area contributed by atoms with Crippen molar-refractivity contribution in [3.8, 4) is 0 Å². The summed E-state index contributed by atoms with van der Waals surface area (Å²) >= 11 is 1.31. The second kappa shape index (κ2) is 5.66. The molecule has 0 aliphatic carbocycles. The maximum atomic E-state index is 12.2. The van der Waals surface area contributed by atoms with E-state index in [0.717, 1.165) is 16.9 Å². The molecule has 0 bridgehead atoms. The third-order valence-electron chi connectivity index (χ3n) is 3.44. The van der Waals surface area contributed by atoms with Gasteiger partial charge in [0, 0.05) is 18.0 Å². The summed E-state index contributed by atoms with van der Waals surface area (Å²) in [5.41, 5.74) is 2.07. The third kappa shape index (κ3) is 2.85. The van der Waals surface area contributed by atoms with E-state index in [0.29, 0.717) is 23.7 Å². The molecule has 2 amide bonds. The molecule has 1 aliphatic rings. The summed E-state index contributed by atoms with van der Waals surface area (Å²) in [5, 5.41) is 12.4. The average molecular weight is 294 g/mol. The fourth-order valence-electron chi connectivity index (χ4n) is 2.23. The highest BCUT2D eigenvalue weighted by molar-refractivity contribution is 7.16. The third-order valence-corrected chi connectivity index (χ3v) is 4.56. The number of rotatable bonds is 2. The number of carbonyl (C=O) groups excluding carboxylic acids is 1. The molecule has 108 valence electrons. The molecule has 2 heterocycles. The van der Waals surface area contributed by atoms with Crippen LogP contribution >= 0.6 is 11.3 Å². The molecule has 0 saturated heterocycles. The van der Waals surface area contributed by atoms with Crippen LogP contribution in [0.4, 0.5) is 9.80 Å². The number of carboxylic acid groups (broad SMARTS) is 1. The zero-order chi connectivity index (χ0) is 14.9. The molecule has 2 N–H and O–H groups in total. The van der Waals surface area contributed by atoms with Gasteiger partial charge in [-0.25, -0.2) is 9.59 Å². The van der Waals surface area contributed by atoms with Crippen molar-refractivity contribution in [1.82, 2.24) is 4.90 Å². The minimum absolute atomic E-state index is 0.199. The van der Waals surface area contributed by atoms with Gasteiger partial charge in [-0.3, -0.25) is 5.32 Å². The largest absolute Gasteiger partial charge is 0.478 e. The minimum Gasteiger partial charge on any atom is -0.478 e. The fourth-order valence-corrected chi connectivity index (χ4v) is 3.28. The van der Waals surface area contributed by atoms with Crippen molar-refractivity contribution in [2.45, 2.75) is 27.2 Å². The van der Waals surface area contributed by atoms with E-state index in [2.05, 4.69) is 11.4 Å². The molecule has 0 fully saturated rings. The van der Waals surface area contributed by atoms with E-state index >= 15 is 0 Å². The van der Waals surface area contributed by atoms with E-state index < -0.39 is 5.97 Å². The lowest BCUT2D eigenvalue weighted by Gasteiger charge is -2.26. The molecule has 1 aromatic rings. The zero-order valence-corrected chi connectivity index (χ0v) is 12.6. The topological polar surface area (TPSA) is 69.6 Å². The van der Waals surface area contributed by atoms with E-state index in [1.807, 2.05) is 13.8 Å². The molecule has 0 unspecified atom stereocenters. The second-order valence-electron chi connectivity index (χ2n) is 4.98. The molecular weight excluding hydrogens is 276 g/mol. The molecule has 5 nitrogen and oxygen atoms in total. The molecule has 0 spiro atoms. The lowest BCUT2D eigenvalue weighted by molar-refractivity contribution is 0.0697. The average Bonchev–Trinajstić information content (AvgIpc) is 2.64. The van der Waals surface area contributed by atoms with Crippen molar-refractivity contribution >= 4 is 28.3 Å². The van der Waals surface area contributed by atoms with Gasteiger partial charge in [0.05, 0.1) is 5.56 Å². The van der Waals surface area contributed by atoms with Crippen LogP contribution in [0.25, 0.3) is 0 Å².